The highest BCUT2D eigenvalue weighted by molar-refractivity contribution is 6.35. The topological polar surface area (TPSA) is 38.3 Å². The molecule has 0 heterocycles. The third kappa shape index (κ3) is 4.79. The Balaban J connectivity index is 1.98. The maximum absolute atomic E-state index is 11.9. The highest BCUT2D eigenvalue weighted by Crippen LogP contribution is 2.22. The second-order valence-corrected chi connectivity index (χ2v) is 5.29. The Morgan fingerprint density at radius 2 is 1.91 bits per heavy atom. The fourth-order valence-corrected chi connectivity index (χ4v) is 2.26. The maximum atomic E-state index is 11.9. The van der Waals surface area contributed by atoms with Gasteiger partial charge in [-0.05, 0) is 55.0 Å². The first-order chi connectivity index (χ1) is 10.6. The average Bonchev–Trinajstić information content (AvgIpc) is 2.49. The van der Waals surface area contributed by atoms with Crippen LogP contribution in [-0.4, -0.2) is 12.5 Å². The number of hydrogen-bond acceptors (Lipinski definition) is 2. The first-order valence-corrected chi connectivity index (χ1v) is 7.51. The number of halogens is 2. The van der Waals surface area contributed by atoms with Crippen molar-refractivity contribution in [1.82, 2.24) is 0 Å². The maximum Gasteiger partial charge on any atom is 0.248 e. The van der Waals surface area contributed by atoms with Gasteiger partial charge in [0.15, 0.2) is 0 Å². The molecule has 0 aromatic heterocycles. The van der Waals surface area contributed by atoms with Crippen LogP contribution in [0.25, 0.3) is 6.08 Å². The lowest BCUT2D eigenvalue weighted by atomic mass is 10.2. The van der Waals surface area contributed by atoms with Crippen LogP contribution >= 0.6 is 23.2 Å². The number of carbonyl (C=O) groups excluding carboxylic acids is 1. The molecule has 2 rings (SSSR count). The van der Waals surface area contributed by atoms with Crippen LogP contribution < -0.4 is 10.1 Å². The largest absolute Gasteiger partial charge is 0.494 e. The summed E-state index contributed by atoms with van der Waals surface area (Å²) in [7, 11) is 0. The molecule has 0 aliphatic heterocycles. The van der Waals surface area contributed by atoms with Crippen LogP contribution in [0.2, 0.25) is 10.0 Å². The van der Waals surface area contributed by atoms with E-state index in [4.69, 9.17) is 27.9 Å². The number of ether oxygens (including phenoxy) is 1. The Morgan fingerprint density at radius 1 is 1.18 bits per heavy atom. The second-order valence-electron chi connectivity index (χ2n) is 4.45. The molecule has 0 saturated heterocycles. The summed E-state index contributed by atoms with van der Waals surface area (Å²) in [5.74, 6) is 0.527. The average molecular weight is 336 g/mol. The van der Waals surface area contributed by atoms with Crippen molar-refractivity contribution in [2.75, 3.05) is 11.9 Å². The number of amides is 1. The molecule has 1 amide bonds. The smallest absolute Gasteiger partial charge is 0.248 e. The number of carbonyl (C=O) groups is 1. The standard InChI is InChI=1S/C17H15Cl2NO2/c1-2-22-15-8-6-14(7-9-15)20-17(21)10-4-12-3-5-13(18)11-16(12)19/h3-11H,2H2,1H3,(H,20,21). The van der Waals surface area contributed by atoms with Gasteiger partial charge in [-0.15, -0.1) is 0 Å². The lowest BCUT2D eigenvalue weighted by Crippen LogP contribution is -2.07. The Hall–Kier alpha value is -1.97. The Labute approximate surface area is 139 Å². The van der Waals surface area contributed by atoms with E-state index >= 15 is 0 Å². The van der Waals surface area contributed by atoms with Crippen LogP contribution in [0.4, 0.5) is 5.69 Å². The summed E-state index contributed by atoms with van der Waals surface area (Å²) in [5, 5.41) is 3.82. The van der Waals surface area contributed by atoms with E-state index < -0.39 is 0 Å². The highest BCUT2D eigenvalue weighted by Gasteiger charge is 2.01. The minimum Gasteiger partial charge on any atom is -0.494 e. The minimum atomic E-state index is -0.241. The minimum absolute atomic E-state index is 0.241. The quantitative estimate of drug-likeness (QED) is 0.777. The molecule has 0 fully saturated rings. The highest BCUT2D eigenvalue weighted by atomic mass is 35.5. The van der Waals surface area contributed by atoms with Gasteiger partial charge in [-0.3, -0.25) is 4.79 Å². The van der Waals surface area contributed by atoms with Crippen LogP contribution in [0.15, 0.2) is 48.5 Å². The normalized spacial score (nSPS) is 10.7. The molecule has 0 radical (unpaired) electrons. The fourth-order valence-electron chi connectivity index (χ4n) is 1.79. The third-order valence-corrected chi connectivity index (χ3v) is 3.37. The van der Waals surface area contributed by atoms with Gasteiger partial charge in [0.2, 0.25) is 5.91 Å². The van der Waals surface area contributed by atoms with Crippen molar-refractivity contribution >= 4 is 40.9 Å². The Bertz CT molecular complexity index is 682. The SMILES string of the molecule is CCOc1ccc(NC(=O)C=Cc2ccc(Cl)cc2Cl)cc1. The van der Waals surface area contributed by atoms with Crippen molar-refractivity contribution in [2.24, 2.45) is 0 Å². The Kier molecular flexibility index (Phi) is 5.87. The van der Waals surface area contributed by atoms with Gasteiger partial charge in [0.1, 0.15) is 5.75 Å². The zero-order chi connectivity index (χ0) is 15.9. The van der Waals surface area contributed by atoms with Crippen LogP contribution in [-0.2, 0) is 4.79 Å². The van der Waals surface area contributed by atoms with E-state index in [0.717, 1.165) is 11.3 Å². The molecule has 0 aliphatic carbocycles. The first-order valence-electron chi connectivity index (χ1n) is 6.75. The third-order valence-electron chi connectivity index (χ3n) is 2.81. The summed E-state index contributed by atoms with van der Waals surface area (Å²) in [6.45, 7) is 2.53. The van der Waals surface area contributed by atoms with E-state index in [1.165, 1.54) is 6.08 Å². The van der Waals surface area contributed by atoms with E-state index in [1.54, 1.807) is 48.5 Å². The molecule has 0 bridgehead atoms. The van der Waals surface area contributed by atoms with Gasteiger partial charge in [0.05, 0.1) is 6.61 Å². The molecular formula is C17H15Cl2NO2. The molecular weight excluding hydrogens is 321 g/mol. The van der Waals surface area contributed by atoms with Crippen molar-refractivity contribution in [1.29, 1.82) is 0 Å². The summed E-state index contributed by atoms with van der Waals surface area (Å²) < 4.78 is 5.34. The molecule has 0 saturated carbocycles. The zero-order valence-electron chi connectivity index (χ0n) is 12.0. The van der Waals surface area contributed by atoms with Gasteiger partial charge in [0, 0.05) is 21.8 Å². The summed E-state index contributed by atoms with van der Waals surface area (Å²) >= 11 is 11.9. The summed E-state index contributed by atoms with van der Waals surface area (Å²) in [6.07, 6.45) is 3.06. The number of benzene rings is 2. The predicted octanol–water partition coefficient (Wildman–Crippen LogP) is 5.04. The molecule has 0 spiro atoms. The van der Waals surface area contributed by atoms with E-state index in [-0.39, 0.29) is 5.91 Å². The number of nitrogens with one attached hydrogen (secondary N) is 1. The number of hydrogen-bond donors (Lipinski definition) is 1. The van der Waals surface area contributed by atoms with Crippen LogP contribution in [0.5, 0.6) is 5.75 Å². The monoisotopic (exact) mass is 335 g/mol. The lowest BCUT2D eigenvalue weighted by molar-refractivity contribution is -0.111. The number of rotatable bonds is 5. The van der Waals surface area contributed by atoms with Crippen LogP contribution in [0, 0.1) is 0 Å². The molecule has 114 valence electrons. The number of anilines is 1. The molecule has 22 heavy (non-hydrogen) atoms. The molecule has 3 nitrogen and oxygen atoms in total. The van der Waals surface area contributed by atoms with E-state index in [0.29, 0.717) is 22.3 Å². The zero-order valence-corrected chi connectivity index (χ0v) is 13.5. The van der Waals surface area contributed by atoms with E-state index in [1.807, 2.05) is 6.92 Å². The molecule has 5 heteroatoms. The fraction of sp³-hybridized carbons (Fsp3) is 0.118. The van der Waals surface area contributed by atoms with Crippen molar-refractivity contribution in [3.63, 3.8) is 0 Å². The van der Waals surface area contributed by atoms with Crippen LogP contribution in [0.1, 0.15) is 12.5 Å². The lowest BCUT2D eigenvalue weighted by Gasteiger charge is -2.05. The van der Waals surface area contributed by atoms with Crippen LogP contribution in [0.3, 0.4) is 0 Å². The van der Waals surface area contributed by atoms with Gasteiger partial charge in [-0.25, -0.2) is 0 Å². The van der Waals surface area contributed by atoms with Gasteiger partial charge in [0.25, 0.3) is 0 Å². The van der Waals surface area contributed by atoms with E-state index in [9.17, 15) is 4.79 Å². The van der Waals surface area contributed by atoms with E-state index in [2.05, 4.69) is 5.32 Å². The molecule has 0 atom stereocenters. The predicted molar refractivity (Wildman–Crippen MR) is 91.7 cm³/mol. The van der Waals surface area contributed by atoms with Crippen molar-refractivity contribution in [2.45, 2.75) is 6.92 Å². The van der Waals surface area contributed by atoms with Crippen molar-refractivity contribution in [3.8, 4) is 5.75 Å². The van der Waals surface area contributed by atoms with Gasteiger partial charge in [-0.2, -0.15) is 0 Å². The summed E-state index contributed by atoms with van der Waals surface area (Å²) in [4.78, 5) is 11.9. The Morgan fingerprint density at radius 3 is 2.55 bits per heavy atom. The van der Waals surface area contributed by atoms with Gasteiger partial charge < -0.3 is 10.1 Å². The molecule has 2 aromatic carbocycles. The second kappa shape index (κ2) is 7.87. The van der Waals surface area contributed by atoms with Crippen molar-refractivity contribution in [3.05, 3.63) is 64.1 Å². The summed E-state index contributed by atoms with van der Waals surface area (Å²) in [5.41, 5.74) is 1.42. The first kappa shape index (κ1) is 16.4. The molecule has 1 N–H and O–H groups in total. The van der Waals surface area contributed by atoms with Crippen molar-refractivity contribution < 1.29 is 9.53 Å². The molecule has 0 unspecified atom stereocenters. The summed E-state index contributed by atoms with van der Waals surface area (Å²) in [6, 6.07) is 12.3. The van der Waals surface area contributed by atoms with Gasteiger partial charge in [-0.1, -0.05) is 29.3 Å². The van der Waals surface area contributed by atoms with Gasteiger partial charge >= 0.3 is 0 Å². The molecule has 0 aliphatic rings. The molecule has 2 aromatic rings.